The van der Waals surface area contributed by atoms with Crippen molar-refractivity contribution in [2.75, 3.05) is 6.61 Å². The van der Waals surface area contributed by atoms with Crippen LogP contribution in [0.3, 0.4) is 0 Å². The second-order valence-corrected chi connectivity index (χ2v) is 4.66. The molecule has 0 bridgehead atoms. The molecule has 1 aliphatic rings. The molecule has 0 amide bonds. The van der Waals surface area contributed by atoms with Crippen molar-refractivity contribution in [3.8, 4) is 0 Å². The van der Waals surface area contributed by atoms with Gasteiger partial charge in [0.25, 0.3) is 0 Å². The quantitative estimate of drug-likeness (QED) is 0.677. The Labute approximate surface area is 97.5 Å². The lowest BCUT2D eigenvalue weighted by Gasteiger charge is -2.33. The molecule has 16 heavy (non-hydrogen) atoms. The van der Waals surface area contributed by atoms with Gasteiger partial charge < -0.3 is 4.74 Å². The van der Waals surface area contributed by atoms with Crippen molar-refractivity contribution >= 4 is 11.8 Å². The molecule has 1 aliphatic carbocycles. The minimum absolute atomic E-state index is 0.209. The largest absolute Gasteiger partial charge is 0.466 e. The summed E-state index contributed by atoms with van der Waals surface area (Å²) in [5.41, 5.74) is -0.414. The van der Waals surface area contributed by atoms with Crippen LogP contribution >= 0.6 is 0 Å². The van der Waals surface area contributed by atoms with Crippen molar-refractivity contribution in [3.05, 3.63) is 0 Å². The van der Waals surface area contributed by atoms with Gasteiger partial charge in [-0.15, -0.1) is 0 Å². The lowest BCUT2D eigenvalue weighted by atomic mass is 9.69. The third kappa shape index (κ3) is 3.06. The zero-order valence-corrected chi connectivity index (χ0v) is 10.4. The van der Waals surface area contributed by atoms with Crippen LogP contribution in [0.25, 0.3) is 0 Å². The fourth-order valence-electron chi connectivity index (χ4n) is 2.38. The second-order valence-electron chi connectivity index (χ2n) is 4.66. The van der Waals surface area contributed by atoms with E-state index in [1.165, 1.54) is 0 Å². The van der Waals surface area contributed by atoms with Gasteiger partial charge in [0.1, 0.15) is 5.78 Å². The molecule has 0 heterocycles. The highest BCUT2D eigenvalue weighted by atomic mass is 16.5. The minimum atomic E-state index is -0.414. The van der Waals surface area contributed by atoms with Gasteiger partial charge >= 0.3 is 5.97 Å². The van der Waals surface area contributed by atoms with Gasteiger partial charge in [-0.2, -0.15) is 0 Å². The molecule has 0 N–H and O–H groups in total. The van der Waals surface area contributed by atoms with Crippen LogP contribution in [0.5, 0.6) is 0 Å². The molecule has 92 valence electrons. The van der Waals surface area contributed by atoms with Crippen LogP contribution in [0, 0.1) is 5.41 Å². The number of hydrogen-bond acceptors (Lipinski definition) is 3. The molecular weight excluding hydrogens is 204 g/mol. The van der Waals surface area contributed by atoms with Crippen molar-refractivity contribution in [1.29, 1.82) is 0 Å². The van der Waals surface area contributed by atoms with Gasteiger partial charge in [-0.1, -0.05) is 20.3 Å². The summed E-state index contributed by atoms with van der Waals surface area (Å²) in [6, 6.07) is 0. The molecule has 3 heteroatoms. The lowest BCUT2D eigenvalue weighted by molar-refractivity contribution is -0.151. The van der Waals surface area contributed by atoms with Crippen molar-refractivity contribution in [1.82, 2.24) is 0 Å². The maximum absolute atomic E-state index is 11.9. The fraction of sp³-hybridized carbons (Fsp3) is 0.846. The minimum Gasteiger partial charge on any atom is -0.466 e. The molecule has 1 rings (SSSR count). The summed E-state index contributed by atoms with van der Waals surface area (Å²) in [4.78, 5) is 23.6. The third-order valence-corrected chi connectivity index (χ3v) is 3.53. The Morgan fingerprint density at radius 2 is 2.12 bits per heavy atom. The normalized spacial score (nSPS) is 25.5. The first-order valence-electron chi connectivity index (χ1n) is 6.33. The number of ketones is 1. The summed E-state index contributed by atoms with van der Waals surface area (Å²) in [5.74, 6) is 0.0497. The predicted octanol–water partition coefficient (Wildman–Crippen LogP) is 2.87. The van der Waals surface area contributed by atoms with Gasteiger partial charge in [-0.3, -0.25) is 9.59 Å². The van der Waals surface area contributed by atoms with Crippen molar-refractivity contribution < 1.29 is 14.3 Å². The predicted molar refractivity (Wildman–Crippen MR) is 62.1 cm³/mol. The number of hydrogen-bond donors (Lipinski definition) is 0. The van der Waals surface area contributed by atoms with E-state index in [1.54, 1.807) is 0 Å². The maximum atomic E-state index is 11.9. The van der Waals surface area contributed by atoms with Crippen LogP contribution in [-0.4, -0.2) is 18.4 Å². The van der Waals surface area contributed by atoms with Crippen LogP contribution < -0.4 is 0 Å². The standard InChI is InChI=1S/C13H22O3/c1-3-9-16-12(15)10-13(4-2)8-6-5-7-11(13)14/h3-10H2,1-2H3. The zero-order chi connectivity index (χ0) is 12.0. The van der Waals surface area contributed by atoms with E-state index in [0.29, 0.717) is 13.0 Å². The summed E-state index contributed by atoms with van der Waals surface area (Å²) in [6.45, 7) is 4.43. The van der Waals surface area contributed by atoms with E-state index in [4.69, 9.17) is 4.74 Å². The van der Waals surface area contributed by atoms with E-state index in [-0.39, 0.29) is 18.2 Å². The molecule has 0 aromatic heterocycles. The number of esters is 1. The Morgan fingerprint density at radius 3 is 2.69 bits per heavy atom. The molecule has 0 spiro atoms. The van der Waals surface area contributed by atoms with Gasteiger partial charge in [-0.25, -0.2) is 0 Å². The van der Waals surface area contributed by atoms with Gasteiger partial charge in [0.15, 0.2) is 0 Å². The van der Waals surface area contributed by atoms with E-state index in [1.807, 2.05) is 13.8 Å². The van der Waals surface area contributed by atoms with Crippen molar-refractivity contribution in [2.24, 2.45) is 5.41 Å². The fourth-order valence-corrected chi connectivity index (χ4v) is 2.38. The molecule has 0 radical (unpaired) electrons. The van der Waals surface area contributed by atoms with Crippen molar-refractivity contribution in [3.63, 3.8) is 0 Å². The Morgan fingerprint density at radius 1 is 1.38 bits per heavy atom. The highest BCUT2D eigenvalue weighted by Crippen LogP contribution is 2.39. The topological polar surface area (TPSA) is 43.4 Å². The van der Waals surface area contributed by atoms with Crippen LogP contribution in [0.15, 0.2) is 0 Å². The Balaban J connectivity index is 2.58. The Kier molecular flexibility index (Phi) is 4.97. The molecule has 0 aromatic rings. The third-order valence-electron chi connectivity index (χ3n) is 3.53. The number of Topliss-reactive ketones (excluding diaryl/α,β-unsaturated/α-hetero) is 1. The highest BCUT2D eigenvalue weighted by molar-refractivity contribution is 5.89. The van der Waals surface area contributed by atoms with Gasteiger partial charge in [-0.05, 0) is 25.7 Å². The summed E-state index contributed by atoms with van der Waals surface area (Å²) in [7, 11) is 0. The molecule has 1 saturated carbocycles. The smallest absolute Gasteiger partial charge is 0.306 e. The summed E-state index contributed by atoms with van der Waals surface area (Å²) >= 11 is 0. The first kappa shape index (κ1) is 13.2. The molecular formula is C13H22O3. The summed E-state index contributed by atoms with van der Waals surface area (Å²) < 4.78 is 5.08. The van der Waals surface area contributed by atoms with E-state index < -0.39 is 5.41 Å². The SMILES string of the molecule is CCCOC(=O)CC1(CC)CCCCC1=O. The Bertz CT molecular complexity index is 260. The van der Waals surface area contributed by atoms with Gasteiger partial charge in [0.05, 0.1) is 13.0 Å². The van der Waals surface area contributed by atoms with E-state index in [2.05, 4.69) is 0 Å². The Hall–Kier alpha value is -0.860. The summed E-state index contributed by atoms with van der Waals surface area (Å²) in [5, 5.41) is 0. The number of carbonyl (C=O) groups excluding carboxylic acids is 2. The molecule has 1 fully saturated rings. The van der Waals surface area contributed by atoms with Crippen LogP contribution in [0.2, 0.25) is 0 Å². The van der Waals surface area contributed by atoms with Gasteiger partial charge in [0.2, 0.25) is 0 Å². The average Bonchev–Trinajstić information content (AvgIpc) is 2.29. The molecule has 1 unspecified atom stereocenters. The van der Waals surface area contributed by atoms with Gasteiger partial charge in [0, 0.05) is 11.8 Å². The van der Waals surface area contributed by atoms with E-state index in [0.717, 1.165) is 32.1 Å². The number of rotatable bonds is 5. The van der Waals surface area contributed by atoms with Crippen molar-refractivity contribution in [2.45, 2.75) is 58.8 Å². The first-order valence-corrected chi connectivity index (χ1v) is 6.33. The molecule has 0 saturated heterocycles. The molecule has 0 aliphatic heterocycles. The second kappa shape index (κ2) is 6.02. The maximum Gasteiger partial charge on any atom is 0.306 e. The van der Waals surface area contributed by atoms with Crippen LogP contribution in [0.1, 0.15) is 58.8 Å². The molecule has 3 nitrogen and oxygen atoms in total. The zero-order valence-electron chi connectivity index (χ0n) is 10.4. The summed E-state index contributed by atoms with van der Waals surface area (Å²) in [6.07, 6.45) is 5.39. The first-order chi connectivity index (χ1) is 7.64. The van der Waals surface area contributed by atoms with E-state index in [9.17, 15) is 9.59 Å². The lowest BCUT2D eigenvalue weighted by Crippen LogP contribution is -2.36. The van der Waals surface area contributed by atoms with E-state index >= 15 is 0 Å². The molecule has 0 aromatic carbocycles. The number of carbonyl (C=O) groups is 2. The monoisotopic (exact) mass is 226 g/mol. The molecule has 1 atom stereocenters. The van der Waals surface area contributed by atoms with Crippen LogP contribution in [0.4, 0.5) is 0 Å². The van der Waals surface area contributed by atoms with Crippen LogP contribution in [-0.2, 0) is 14.3 Å². The average molecular weight is 226 g/mol. The number of ether oxygens (including phenoxy) is 1. The highest BCUT2D eigenvalue weighted by Gasteiger charge is 2.40.